The van der Waals surface area contributed by atoms with Gasteiger partial charge in [-0.05, 0) is 27.2 Å². The quantitative estimate of drug-likeness (QED) is 0.782. The van der Waals surface area contributed by atoms with Crippen LogP contribution in [0.3, 0.4) is 0 Å². The molecule has 1 saturated heterocycles. The van der Waals surface area contributed by atoms with Crippen LogP contribution in [0.15, 0.2) is 12.4 Å². The Bertz CT molecular complexity index is 570. The smallest absolute Gasteiger partial charge is 0.419 e. The van der Waals surface area contributed by atoms with Gasteiger partial charge in [-0.25, -0.2) is 14.8 Å². The predicted octanol–water partition coefficient (Wildman–Crippen LogP) is 2.94. The van der Waals surface area contributed by atoms with Crippen LogP contribution in [0.5, 0.6) is 0 Å². The average molecular weight is 346 g/mol. The number of carbonyl (C=O) groups excluding carboxylic acids is 1. The summed E-state index contributed by atoms with van der Waals surface area (Å²) >= 11 is 0. The van der Waals surface area contributed by atoms with Crippen molar-refractivity contribution >= 4 is 12.0 Å². The van der Waals surface area contributed by atoms with Crippen LogP contribution in [0.2, 0.25) is 0 Å². The van der Waals surface area contributed by atoms with Crippen LogP contribution in [0.4, 0.5) is 23.9 Å². The maximum absolute atomic E-state index is 12.6. The molecule has 0 aliphatic carbocycles. The highest BCUT2D eigenvalue weighted by Crippen LogP contribution is 2.28. The van der Waals surface area contributed by atoms with Crippen molar-refractivity contribution in [3.05, 3.63) is 18.0 Å². The fourth-order valence-corrected chi connectivity index (χ4v) is 2.26. The van der Waals surface area contributed by atoms with E-state index < -0.39 is 23.4 Å². The van der Waals surface area contributed by atoms with Crippen LogP contribution in [-0.4, -0.2) is 52.7 Å². The molecule has 1 aromatic rings. The zero-order chi connectivity index (χ0) is 18.0. The third kappa shape index (κ3) is 4.97. The Morgan fingerprint density at radius 3 is 2.25 bits per heavy atom. The molecule has 0 N–H and O–H groups in total. The van der Waals surface area contributed by atoms with Crippen molar-refractivity contribution in [1.29, 1.82) is 0 Å². The molecule has 0 radical (unpaired) electrons. The van der Waals surface area contributed by atoms with Crippen LogP contribution in [0, 0.1) is 0 Å². The van der Waals surface area contributed by atoms with Gasteiger partial charge in [0.05, 0.1) is 5.56 Å². The predicted molar refractivity (Wildman–Crippen MR) is 81.7 cm³/mol. The summed E-state index contributed by atoms with van der Waals surface area (Å²) in [6.45, 7) is 7.31. The minimum absolute atomic E-state index is 0.231. The molecular formula is C15H21F3N4O2. The van der Waals surface area contributed by atoms with Gasteiger partial charge in [-0.15, -0.1) is 0 Å². The summed E-state index contributed by atoms with van der Waals surface area (Å²) in [5, 5.41) is 0. The summed E-state index contributed by atoms with van der Waals surface area (Å²) in [6.07, 6.45) is -2.63. The van der Waals surface area contributed by atoms with Gasteiger partial charge in [-0.1, -0.05) is 0 Å². The second-order valence-corrected chi connectivity index (χ2v) is 6.58. The maximum Gasteiger partial charge on any atom is 0.419 e. The van der Waals surface area contributed by atoms with E-state index in [1.54, 1.807) is 30.6 Å². The van der Waals surface area contributed by atoms with E-state index in [4.69, 9.17) is 4.74 Å². The standard InChI is InChI=1S/C15H21F3N4O2/c1-14(2,3)24-13(23)22-6-4-5-21(7-8-22)12-19-9-11(10-20-12)15(16,17)18/h9-10H,4-8H2,1-3H3. The third-order valence-electron chi connectivity index (χ3n) is 3.40. The number of aromatic nitrogens is 2. The Kier molecular flexibility index (Phi) is 5.19. The minimum atomic E-state index is -4.45. The topological polar surface area (TPSA) is 58.6 Å². The van der Waals surface area contributed by atoms with Crippen molar-refractivity contribution < 1.29 is 22.7 Å². The number of carbonyl (C=O) groups is 1. The molecule has 0 aromatic carbocycles. The van der Waals surface area contributed by atoms with E-state index in [-0.39, 0.29) is 5.95 Å². The second-order valence-electron chi connectivity index (χ2n) is 6.58. The van der Waals surface area contributed by atoms with Gasteiger partial charge in [0.2, 0.25) is 5.95 Å². The largest absolute Gasteiger partial charge is 0.444 e. The highest BCUT2D eigenvalue weighted by Gasteiger charge is 2.32. The molecular weight excluding hydrogens is 325 g/mol. The van der Waals surface area contributed by atoms with Gasteiger partial charge in [-0.2, -0.15) is 13.2 Å². The van der Waals surface area contributed by atoms with Crippen LogP contribution >= 0.6 is 0 Å². The molecule has 9 heteroatoms. The van der Waals surface area contributed by atoms with Crippen LogP contribution in [0.1, 0.15) is 32.8 Å². The number of hydrogen-bond acceptors (Lipinski definition) is 5. The van der Waals surface area contributed by atoms with Crippen LogP contribution in [-0.2, 0) is 10.9 Å². The van der Waals surface area contributed by atoms with Gasteiger partial charge in [0.1, 0.15) is 5.60 Å². The van der Waals surface area contributed by atoms with Crippen molar-refractivity contribution in [1.82, 2.24) is 14.9 Å². The zero-order valence-electron chi connectivity index (χ0n) is 13.9. The number of ether oxygens (including phenoxy) is 1. The van der Waals surface area contributed by atoms with Gasteiger partial charge < -0.3 is 14.5 Å². The Labute approximate surface area is 138 Å². The molecule has 1 aromatic heterocycles. The fraction of sp³-hybridized carbons (Fsp3) is 0.667. The van der Waals surface area contributed by atoms with E-state index in [0.29, 0.717) is 32.6 Å². The number of amides is 1. The van der Waals surface area contributed by atoms with E-state index in [9.17, 15) is 18.0 Å². The first-order valence-electron chi connectivity index (χ1n) is 7.68. The van der Waals surface area contributed by atoms with Crippen LogP contribution in [0.25, 0.3) is 0 Å². The lowest BCUT2D eigenvalue weighted by Crippen LogP contribution is -2.39. The number of anilines is 1. The summed E-state index contributed by atoms with van der Waals surface area (Å²) in [5.41, 5.74) is -1.45. The molecule has 24 heavy (non-hydrogen) atoms. The van der Waals surface area contributed by atoms with Gasteiger partial charge >= 0.3 is 12.3 Å². The molecule has 134 valence electrons. The fourth-order valence-electron chi connectivity index (χ4n) is 2.26. The lowest BCUT2D eigenvalue weighted by Gasteiger charge is -2.26. The molecule has 0 bridgehead atoms. The monoisotopic (exact) mass is 346 g/mol. The van der Waals surface area contributed by atoms with Crippen molar-refractivity contribution in [2.75, 3.05) is 31.1 Å². The minimum Gasteiger partial charge on any atom is -0.444 e. The van der Waals surface area contributed by atoms with E-state index in [2.05, 4.69) is 9.97 Å². The van der Waals surface area contributed by atoms with Crippen molar-refractivity contribution in [3.8, 4) is 0 Å². The Morgan fingerprint density at radius 2 is 1.71 bits per heavy atom. The van der Waals surface area contributed by atoms with E-state index in [0.717, 1.165) is 12.4 Å². The van der Waals surface area contributed by atoms with Gasteiger partial charge in [-0.3, -0.25) is 0 Å². The molecule has 1 amide bonds. The summed E-state index contributed by atoms with van der Waals surface area (Å²) in [7, 11) is 0. The number of hydrogen-bond donors (Lipinski definition) is 0. The summed E-state index contributed by atoms with van der Waals surface area (Å²) in [6, 6.07) is 0. The summed E-state index contributed by atoms with van der Waals surface area (Å²) in [5.74, 6) is 0.231. The molecule has 2 heterocycles. The molecule has 2 rings (SSSR count). The second kappa shape index (κ2) is 6.82. The van der Waals surface area contributed by atoms with Gasteiger partial charge in [0, 0.05) is 38.6 Å². The first-order chi connectivity index (χ1) is 11.1. The Balaban J connectivity index is 1.99. The van der Waals surface area contributed by atoms with Crippen LogP contribution < -0.4 is 4.90 Å². The van der Waals surface area contributed by atoms with Crippen molar-refractivity contribution in [2.24, 2.45) is 0 Å². The molecule has 6 nitrogen and oxygen atoms in total. The third-order valence-corrected chi connectivity index (χ3v) is 3.40. The average Bonchev–Trinajstić information content (AvgIpc) is 2.70. The Morgan fingerprint density at radius 1 is 1.08 bits per heavy atom. The Hall–Kier alpha value is -2.06. The lowest BCUT2D eigenvalue weighted by molar-refractivity contribution is -0.138. The molecule has 0 atom stereocenters. The molecule has 1 aliphatic rings. The molecule has 1 fully saturated rings. The van der Waals surface area contributed by atoms with Crippen molar-refractivity contribution in [3.63, 3.8) is 0 Å². The zero-order valence-corrected chi connectivity index (χ0v) is 13.9. The normalized spacial score (nSPS) is 16.8. The first-order valence-corrected chi connectivity index (χ1v) is 7.68. The first kappa shape index (κ1) is 18.3. The molecule has 1 aliphatic heterocycles. The molecule has 0 saturated carbocycles. The number of rotatable bonds is 1. The molecule has 0 unspecified atom stereocenters. The van der Waals surface area contributed by atoms with Crippen molar-refractivity contribution in [2.45, 2.75) is 39.0 Å². The number of halogens is 3. The SMILES string of the molecule is CC(C)(C)OC(=O)N1CCCN(c2ncc(C(F)(F)F)cn2)CC1. The lowest BCUT2D eigenvalue weighted by atomic mass is 10.2. The van der Waals surface area contributed by atoms with Gasteiger partial charge in [0.15, 0.2) is 0 Å². The van der Waals surface area contributed by atoms with Gasteiger partial charge in [0.25, 0.3) is 0 Å². The maximum atomic E-state index is 12.6. The highest BCUT2D eigenvalue weighted by molar-refractivity contribution is 5.68. The number of nitrogens with zero attached hydrogens (tertiary/aromatic N) is 4. The van der Waals surface area contributed by atoms with E-state index in [1.165, 1.54) is 0 Å². The summed E-state index contributed by atoms with van der Waals surface area (Å²) in [4.78, 5) is 23.1. The van der Waals surface area contributed by atoms with E-state index in [1.807, 2.05) is 0 Å². The number of alkyl halides is 3. The van der Waals surface area contributed by atoms with E-state index >= 15 is 0 Å². The summed E-state index contributed by atoms with van der Waals surface area (Å²) < 4.78 is 43.0. The highest BCUT2D eigenvalue weighted by atomic mass is 19.4. The molecule has 0 spiro atoms.